The molecule has 0 N–H and O–H groups in total. The second-order valence-electron chi connectivity index (χ2n) is 5.93. The maximum Gasteiger partial charge on any atom is 0.312 e. The molecule has 1 aromatic rings. The van der Waals surface area contributed by atoms with Crippen LogP contribution in [0.3, 0.4) is 0 Å². The van der Waals surface area contributed by atoms with Crippen molar-refractivity contribution in [1.82, 2.24) is 19.6 Å². The Bertz CT molecular complexity index is 554. The summed E-state index contributed by atoms with van der Waals surface area (Å²) < 4.78 is 1.56. The molecule has 0 aliphatic rings. The lowest BCUT2D eigenvalue weighted by atomic mass is 10.3. The minimum Gasteiger partial charge on any atom is -0.341 e. The molecule has 1 rings (SSSR count). The summed E-state index contributed by atoms with van der Waals surface area (Å²) in [7, 11) is 3.95. The molecule has 0 spiro atoms. The molecule has 0 aliphatic heterocycles. The Hall–Kier alpha value is -1.96. The van der Waals surface area contributed by atoms with Crippen molar-refractivity contribution < 1.29 is 9.72 Å². The van der Waals surface area contributed by atoms with Crippen molar-refractivity contribution in [3.05, 3.63) is 21.5 Å². The Balaban J connectivity index is 2.70. The Morgan fingerprint density at radius 2 is 1.91 bits per heavy atom. The molecule has 0 aliphatic carbocycles. The number of amides is 1. The first-order chi connectivity index (χ1) is 10.8. The van der Waals surface area contributed by atoms with E-state index in [9.17, 15) is 14.9 Å². The number of likely N-dealkylation sites (N-methyl/N-ethyl adjacent to an activating group) is 1. The highest BCUT2D eigenvalue weighted by molar-refractivity contribution is 5.76. The normalized spacial score (nSPS) is 11.0. The summed E-state index contributed by atoms with van der Waals surface area (Å²) in [5.74, 6) is 0.0592. The van der Waals surface area contributed by atoms with Gasteiger partial charge in [0, 0.05) is 26.1 Å². The molecule has 8 heteroatoms. The topological polar surface area (TPSA) is 84.5 Å². The number of carbonyl (C=O) groups is 1. The van der Waals surface area contributed by atoms with Gasteiger partial charge in [-0.25, -0.2) is 0 Å². The van der Waals surface area contributed by atoms with E-state index >= 15 is 0 Å². The zero-order valence-electron chi connectivity index (χ0n) is 14.7. The van der Waals surface area contributed by atoms with Crippen LogP contribution in [-0.4, -0.2) is 64.1 Å². The summed E-state index contributed by atoms with van der Waals surface area (Å²) in [6, 6.07) is 0. The number of aromatic nitrogens is 2. The zero-order valence-corrected chi connectivity index (χ0v) is 14.7. The molecule has 0 aromatic carbocycles. The first-order valence-electron chi connectivity index (χ1n) is 7.88. The van der Waals surface area contributed by atoms with Crippen LogP contribution in [0.25, 0.3) is 0 Å². The molecule has 0 fully saturated rings. The Labute approximate surface area is 137 Å². The molecular weight excluding hydrogens is 298 g/mol. The van der Waals surface area contributed by atoms with Gasteiger partial charge in [0.05, 0.1) is 11.5 Å². The Kier molecular flexibility index (Phi) is 7.15. The monoisotopic (exact) mass is 325 g/mol. The number of hydrogen-bond donors (Lipinski definition) is 0. The second-order valence-corrected chi connectivity index (χ2v) is 5.93. The smallest absolute Gasteiger partial charge is 0.312 e. The van der Waals surface area contributed by atoms with E-state index in [1.165, 1.54) is 0 Å². The maximum absolute atomic E-state index is 12.4. The molecule has 0 saturated heterocycles. The van der Waals surface area contributed by atoms with Crippen molar-refractivity contribution >= 4 is 11.6 Å². The number of hydrogen-bond acceptors (Lipinski definition) is 5. The summed E-state index contributed by atoms with van der Waals surface area (Å²) in [5, 5.41) is 15.2. The van der Waals surface area contributed by atoms with Gasteiger partial charge in [0.15, 0.2) is 0 Å². The second kappa shape index (κ2) is 8.61. The molecule has 0 saturated carbocycles. The van der Waals surface area contributed by atoms with Gasteiger partial charge in [-0.2, -0.15) is 5.10 Å². The Morgan fingerprint density at radius 3 is 2.39 bits per heavy atom. The lowest BCUT2D eigenvalue weighted by molar-refractivity contribution is -0.386. The van der Waals surface area contributed by atoms with Gasteiger partial charge < -0.3 is 9.80 Å². The van der Waals surface area contributed by atoms with Gasteiger partial charge in [-0.15, -0.1) is 0 Å². The lowest BCUT2D eigenvalue weighted by Crippen LogP contribution is -2.37. The first kappa shape index (κ1) is 19.1. The van der Waals surface area contributed by atoms with Crippen molar-refractivity contribution in [3.8, 4) is 0 Å². The van der Waals surface area contributed by atoms with Gasteiger partial charge in [-0.05, 0) is 34.4 Å². The highest BCUT2D eigenvalue weighted by atomic mass is 16.6. The number of aryl methyl sites for hydroxylation is 2. The molecule has 23 heavy (non-hydrogen) atoms. The average molecular weight is 325 g/mol. The largest absolute Gasteiger partial charge is 0.341 e. The van der Waals surface area contributed by atoms with Crippen LogP contribution in [0.1, 0.15) is 31.2 Å². The SMILES string of the molecule is CCCN(CCN(C)C)C(=O)CCn1nc(C)c([N+](=O)[O-])c1C. The fourth-order valence-electron chi connectivity index (χ4n) is 2.48. The quantitative estimate of drug-likeness (QED) is 0.508. The minimum atomic E-state index is -0.420. The van der Waals surface area contributed by atoms with Gasteiger partial charge in [0.2, 0.25) is 5.91 Å². The summed E-state index contributed by atoms with van der Waals surface area (Å²) in [5.41, 5.74) is 0.920. The minimum absolute atomic E-state index is 0.0375. The van der Waals surface area contributed by atoms with Crippen LogP contribution < -0.4 is 0 Å². The number of carbonyl (C=O) groups excluding carboxylic acids is 1. The lowest BCUT2D eigenvalue weighted by Gasteiger charge is -2.24. The van der Waals surface area contributed by atoms with E-state index < -0.39 is 4.92 Å². The van der Waals surface area contributed by atoms with Crippen LogP contribution >= 0.6 is 0 Å². The number of nitro groups is 1. The molecule has 0 radical (unpaired) electrons. The van der Waals surface area contributed by atoms with Crippen LogP contribution in [0.4, 0.5) is 5.69 Å². The van der Waals surface area contributed by atoms with E-state index in [0.29, 0.717) is 30.9 Å². The van der Waals surface area contributed by atoms with Crippen molar-refractivity contribution in [2.75, 3.05) is 33.7 Å². The Morgan fingerprint density at radius 1 is 1.26 bits per heavy atom. The third kappa shape index (κ3) is 5.31. The first-order valence-corrected chi connectivity index (χ1v) is 7.88. The standard InChI is InChI=1S/C15H27N5O3/c1-6-8-18(11-10-17(4)5)14(21)7-9-19-13(3)15(20(22)23)12(2)16-19/h6-11H2,1-5H3. The highest BCUT2D eigenvalue weighted by Gasteiger charge is 2.22. The molecule has 8 nitrogen and oxygen atoms in total. The van der Waals surface area contributed by atoms with E-state index in [-0.39, 0.29) is 11.6 Å². The molecule has 130 valence electrons. The molecular formula is C15H27N5O3. The van der Waals surface area contributed by atoms with Crippen LogP contribution in [0.5, 0.6) is 0 Å². The van der Waals surface area contributed by atoms with Gasteiger partial charge in [-0.1, -0.05) is 6.92 Å². The third-order valence-electron chi connectivity index (χ3n) is 3.73. The maximum atomic E-state index is 12.4. The number of nitrogens with zero attached hydrogens (tertiary/aromatic N) is 5. The van der Waals surface area contributed by atoms with Crippen molar-refractivity contribution in [2.24, 2.45) is 0 Å². The fourth-order valence-corrected chi connectivity index (χ4v) is 2.48. The van der Waals surface area contributed by atoms with Crippen LogP contribution in [0.15, 0.2) is 0 Å². The van der Waals surface area contributed by atoms with Crippen LogP contribution in [0.2, 0.25) is 0 Å². The van der Waals surface area contributed by atoms with Gasteiger partial charge in [0.1, 0.15) is 11.4 Å². The summed E-state index contributed by atoms with van der Waals surface area (Å²) in [4.78, 5) is 26.9. The van der Waals surface area contributed by atoms with E-state index in [1.807, 2.05) is 30.8 Å². The predicted molar refractivity (Wildman–Crippen MR) is 88.4 cm³/mol. The van der Waals surface area contributed by atoms with Gasteiger partial charge in [0.25, 0.3) is 0 Å². The molecule has 0 unspecified atom stereocenters. The molecule has 1 aromatic heterocycles. The zero-order chi connectivity index (χ0) is 17.6. The molecule has 1 heterocycles. The van der Waals surface area contributed by atoms with Crippen molar-refractivity contribution in [1.29, 1.82) is 0 Å². The average Bonchev–Trinajstić information content (AvgIpc) is 2.75. The van der Waals surface area contributed by atoms with Gasteiger partial charge in [-0.3, -0.25) is 19.6 Å². The summed E-state index contributed by atoms with van der Waals surface area (Å²) in [6.45, 7) is 7.92. The molecule has 0 bridgehead atoms. The molecule has 0 atom stereocenters. The molecule has 1 amide bonds. The summed E-state index contributed by atoms with van der Waals surface area (Å²) in [6.07, 6.45) is 1.21. The van der Waals surface area contributed by atoms with Crippen LogP contribution in [-0.2, 0) is 11.3 Å². The van der Waals surface area contributed by atoms with Crippen LogP contribution in [0, 0.1) is 24.0 Å². The fraction of sp³-hybridized carbons (Fsp3) is 0.733. The van der Waals surface area contributed by atoms with Crippen molar-refractivity contribution in [2.45, 2.75) is 40.2 Å². The van der Waals surface area contributed by atoms with E-state index in [2.05, 4.69) is 5.10 Å². The van der Waals surface area contributed by atoms with E-state index in [0.717, 1.165) is 19.5 Å². The summed E-state index contributed by atoms with van der Waals surface area (Å²) >= 11 is 0. The van der Waals surface area contributed by atoms with Crippen molar-refractivity contribution in [3.63, 3.8) is 0 Å². The third-order valence-corrected chi connectivity index (χ3v) is 3.73. The number of rotatable bonds is 9. The predicted octanol–water partition coefficient (Wildman–Crippen LogP) is 1.60. The highest BCUT2D eigenvalue weighted by Crippen LogP contribution is 2.21. The van der Waals surface area contributed by atoms with Gasteiger partial charge >= 0.3 is 5.69 Å². The van der Waals surface area contributed by atoms with E-state index in [4.69, 9.17) is 0 Å². The van der Waals surface area contributed by atoms with E-state index in [1.54, 1.807) is 18.5 Å².